The van der Waals surface area contributed by atoms with Crippen LogP contribution in [0, 0.1) is 11.3 Å². The van der Waals surface area contributed by atoms with Crippen LogP contribution in [0.15, 0.2) is 24.3 Å². The van der Waals surface area contributed by atoms with Crippen molar-refractivity contribution in [3.8, 4) is 5.75 Å². The van der Waals surface area contributed by atoms with Gasteiger partial charge in [0.15, 0.2) is 0 Å². The summed E-state index contributed by atoms with van der Waals surface area (Å²) in [6.45, 7) is 7.73. The molecule has 0 aliphatic carbocycles. The first-order valence-corrected chi connectivity index (χ1v) is 7.16. The standard InChI is InChI=1S/C16H26N2O/c1-16(2)8-10-18(12-13(16)7-9-17)14-5-4-6-15(11-14)19-3/h4-6,11,13H,7-10,12,17H2,1-3H3. The van der Waals surface area contributed by atoms with E-state index in [1.54, 1.807) is 7.11 Å². The molecule has 1 aromatic carbocycles. The molecule has 0 bridgehead atoms. The molecular weight excluding hydrogens is 236 g/mol. The third-order valence-electron chi connectivity index (χ3n) is 4.51. The highest BCUT2D eigenvalue weighted by molar-refractivity contribution is 5.51. The van der Waals surface area contributed by atoms with Gasteiger partial charge in [-0.1, -0.05) is 19.9 Å². The summed E-state index contributed by atoms with van der Waals surface area (Å²) in [5.41, 5.74) is 7.43. The van der Waals surface area contributed by atoms with E-state index in [0.29, 0.717) is 11.3 Å². The van der Waals surface area contributed by atoms with E-state index in [1.165, 1.54) is 12.1 Å². The average molecular weight is 262 g/mol. The Bertz CT molecular complexity index is 417. The maximum absolute atomic E-state index is 5.77. The second kappa shape index (κ2) is 5.83. The summed E-state index contributed by atoms with van der Waals surface area (Å²) in [6, 6.07) is 8.35. The zero-order valence-corrected chi connectivity index (χ0v) is 12.4. The number of nitrogens with two attached hydrogens (primary N) is 1. The number of anilines is 1. The minimum Gasteiger partial charge on any atom is -0.497 e. The lowest BCUT2D eigenvalue weighted by Crippen LogP contribution is -2.45. The van der Waals surface area contributed by atoms with Gasteiger partial charge >= 0.3 is 0 Å². The molecule has 1 heterocycles. The van der Waals surface area contributed by atoms with Crippen LogP contribution in [-0.2, 0) is 0 Å². The van der Waals surface area contributed by atoms with Crippen LogP contribution in [-0.4, -0.2) is 26.7 Å². The lowest BCUT2D eigenvalue weighted by molar-refractivity contribution is 0.163. The van der Waals surface area contributed by atoms with Crippen molar-refractivity contribution in [2.24, 2.45) is 17.1 Å². The summed E-state index contributed by atoms with van der Waals surface area (Å²) in [4.78, 5) is 2.47. The highest BCUT2D eigenvalue weighted by atomic mass is 16.5. The summed E-state index contributed by atoms with van der Waals surface area (Å²) in [5, 5.41) is 0. The van der Waals surface area contributed by atoms with Gasteiger partial charge in [0.1, 0.15) is 5.75 Å². The van der Waals surface area contributed by atoms with Gasteiger partial charge in [-0.05, 0) is 42.9 Å². The van der Waals surface area contributed by atoms with Crippen molar-refractivity contribution in [3.63, 3.8) is 0 Å². The first-order chi connectivity index (χ1) is 9.06. The van der Waals surface area contributed by atoms with Gasteiger partial charge in [-0.25, -0.2) is 0 Å². The molecule has 0 spiro atoms. The molecule has 0 aromatic heterocycles. The number of benzene rings is 1. The number of piperidine rings is 1. The molecule has 3 nitrogen and oxygen atoms in total. The first kappa shape index (κ1) is 14.2. The Morgan fingerprint density at radius 2 is 2.21 bits per heavy atom. The maximum atomic E-state index is 5.77. The Balaban J connectivity index is 2.13. The monoisotopic (exact) mass is 262 g/mol. The Labute approximate surface area is 116 Å². The topological polar surface area (TPSA) is 38.5 Å². The smallest absolute Gasteiger partial charge is 0.120 e. The van der Waals surface area contributed by atoms with Crippen LogP contribution in [0.1, 0.15) is 26.7 Å². The van der Waals surface area contributed by atoms with E-state index in [4.69, 9.17) is 10.5 Å². The zero-order chi connectivity index (χ0) is 13.9. The molecule has 1 saturated heterocycles. The van der Waals surface area contributed by atoms with Gasteiger partial charge in [0.05, 0.1) is 7.11 Å². The Morgan fingerprint density at radius 3 is 2.89 bits per heavy atom. The van der Waals surface area contributed by atoms with E-state index in [2.05, 4.69) is 36.9 Å². The number of hydrogen-bond acceptors (Lipinski definition) is 3. The minimum absolute atomic E-state index is 0.398. The van der Waals surface area contributed by atoms with Crippen molar-refractivity contribution in [2.75, 3.05) is 31.6 Å². The van der Waals surface area contributed by atoms with Gasteiger partial charge in [-0.15, -0.1) is 0 Å². The molecule has 2 N–H and O–H groups in total. The molecule has 1 aliphatic heterocycles. The van der Waals surface area contributed by atoms with Crippen LogP contribution in [0.4, 0.5) is 5.69 Å². The molecule has 106 valence electrons. The maximum Gasteiger partial charge on any atom is 0.120 e. The van der Waals surface area contributed by atoms with Crippen molar-refractivity contribution in [1.82, 2.24) is 0 Å². The van der Waals surface area contributed by atoms with Gasteiger partial charge in [0.25, 0.3) is 0 Å². The highest BCUT2D eigenvalue weighted by Gasteiger charge is 2.34. The van der Waals surface area contributed by atoms with Crippen LogP contribution >= 0.6 is 0 Å². The first-order valence-electron chi connectivity index (χ1n) is 7.16. The number of methoxy groups -OCH3 is 1. The van der Waals surface area contributed by atoms with Gasteiger partial charge < -0.3 is 15.4 Å². The lowest BCUT2D eigenvalue weighted by atomic mass is 9.72. The second-order valence-corrected chi connectivity index (χ2v) is 6.16. The number of hydrogen-bond donors (Lipinski definition) is 1. The number of ether oxygens (including phenoxy) is 1. The molecule has 19 heavy (non-hydrogen) atoms. The second-order valence-electron chi connectivity index (χ2n) is 6.16. The molecule has 1 fully saturated rings. The largest absolute Gasteiger partial charge is 0.497 e. The predicted octanol–water partition coefficient (Wildman–Crippen LogP) is 2.90. The van der Waals surface area contributed by atoms with Crippen molar-refractivity contribution in [3.05, 3.63) is 24.3 Å². The van der Waals surface area contributed by atoms with Crippen LogP contribution in [0.25, 0.3) is 0 Å². The van der Waals surface area contributed by atoms with Crippen molar-refractivity contribution < 1.29 is 4.74 Å². The minimum atomic E-state index is 0.398. The Morgan fingerprint density at radius 1 is 1.42 bits per heavy atom. The van der Waals surface area contributed by atoms with E-state index >= 15 is 0 Å². The molecular formula is C16H26N2O. The highest BCUT2D eigenvalue weighted by Crippen LogP contribution is 2.39. The van der Waals surface area contributed by atoms with E-state index < -0.39 is 0 Å². The third-order valence-corrected chi connectivity index (χ3v) is 4.51. The Kier molecular flexibility index (Phi) is 4.35. The molecule has 1 atom stereocenters. The van der Waals surface area contributed by atoms with Crippen LogP contribution in [0.5, 0.6) is 5.75 Å². The van der Waals surface area contributed by atoms with Crippen LogP contribution in [0.2, 0.25) is 0 Å². The van der Waals surface area contributed by atoms with Gasteiger partial charge in [0.2, 0.25) is 0 Å². The van der Waals surface area contributed by atoms with Crippen LogP contribution < -0.4 is 15.4 Å². The van der Waals surface area contributed by atoms with E-state index in [-0.39, 0.29) is 0 Å². The predicted molar refractivity (Wildman–Crippen MR) is 80.8 cm³/mol. The van der Waals surface area contributed by atoms with Gasteiger partial charge in [-0.3, -0.25) is 0 Å². The fourth-order valence-electron chi connectivity index (χ4n) is 2.96. The molecule has 0 saturated carbocycles. The molecule has 1 aliphatic rings. The van der Waals surface area contributed by atoms with Crippen molar-refractivity contribution >= 4 is 5.69 Å². The SMILES string of the molecule is COc1cccc(N2CCC(C)(C)C(CCN)C2)c1. The fourth-order valence-corrected chi connectivity index (χ4v) is 2.96. The number of rotatable bonds is 4. The van der Waals surface area contributed by atoms with E-state index in [1.807, 2.05) is 6.07 Å². The summed E-state index contributed by atoms with van der Waals surface area (Å²) in [7, 11) is 1.72. The third kappa shape index (κ3) is 3.21. The van der Waals surface area contributed by atoms with E-state index in [0.717, 1.165) is 31.8 Å². The van der Waals surface area contributed by atoms with Crippen LogP contribution in [0.3, 0.4) is 0 Å². The lowest BCUT2D eigenvalue weighted by Gasteiger charge is -2.45. The summed E-state index contributed by atoms with van der Waals surface area (Å²) < 4.78 is 5.31. The molecule has 1 unspecified atom stereocenters. The summed E-state index contributed by atoms with van der Waals surface area (Å²) in [5.74, 6) is 1.59. The van der Waals surface area contributed by atoms with Crippen molar-refractivity contribution in [2.45, 2.75) is 26.7 Å². The van der Waals surface area contributed by atoms with E-state index in [9.17, 15) is 0 Å². The molecule has 0 radical (unpaired) electrons. The molecule has 0 amide bonds. The number of nitrogens with zero attached hydrogens (tertiary/aromatic N) is 1. The van der Waals surface area contributed by atoms with Gasteiger partial charge in [0, 0.05) is 24.8 Å². The molecule has 2 rings (SSSR count). The zero-order valence-electron chi connectivity index (χ0n) is 12.4. The normalized spacial score (nSPS) is 22.3. The summed E-state index contributed by atoms with van der Waals surface area (Å²) in [6.07, 6.45) is 2.32. The average Bonchev–Trinajstić information content (AvgIpc) is 2.41. The van der Waals surface area contributed by atoms with Gasteiger partial charge in [-0.2, -0.15) is 0 Å². The summed E-state index contributed by atoms with van der Waals surface area (Å²) >= 11 is 0. The molecule has 1 aromatic rings. The van der Waals surface area contributed by atoms with Crippen molar-refractivity contribution in [1.29, 1.82) is 0 Å². The Hall–Kier alpha value is -1.22. The molecule has 3 heteroatoms. The fraction of sp³-hybridized carbons (Fsp3) is 0.625. The quantitative estimate of drug-likeness (QED) is 0.906.